The predicted octanol–water partition coefficient (Wildman–Crippen LogP) is 9.83. The number of aryl methyl sites for hydroxylation is 1. The zero-order valence-electron chi connectivity index (χ0n) is 32.6. The molecule has 0 fully saturated rings. The highest BCUT2D eigenvalue weighted by atomic mass is 19.1. The van der Waals surface area contributed by atoms with E-state index in [1.807, 2.05) is 85.9 Å². The lowest BCUT2D eigenvalue weighted by molar-refractivity contribution is 0.397. The van der Waals surface area contributed by atoms with Gasteiger partial charge in [0.15, 0.2) is 5.76 Å². The van der Waals surface area contributed by atoms with Crippen LogP contribution in [0.25, 0.3) is 56.2 Å². The number of hydrogen-bond acceptors (Lipinski definition) is 11. The minimum atomic E-state index is -0.594. The number of methoxy groups -OCH3 is 1. The van der Waals surface area contributed by atoms with Crippen LogP contribution in [-0.2, 0) is 6.42 Å². The number of nitrogens with zero attached hydrogens (tertiary/aromatic N) is 7. The van der Waals surface area contributed by atoms with Gasteiger partial charge in [0, 0.05) is 71.5 Å². The Bertz CT molecular complexity index is 2680. The normalized spacial score (nSPS) is 12.3. The first-order valence-corrected chi connectivity index (χ1v) is 19.2. The van der Waals surface area contributed by atoms with Crippen LogP contribution in [0.15, 0.2) is 127 Å². The average Bonchev–Trinajstić information content (AvgIpc) is 3.71. The maximum atomic E-state index is 14.4. The number of ether oxygens (including phenoxy) is 1. The van der Waals surface area contributed by atoms with E-state index in [0.29, 0.717) is 53.7 Å². The van der Waals surface area contributed by atoms with Crippen LogP contribution in [0.1, 0.15) is 36.6 Å². The van der Waals surface area contributed by atoms with Crippen molar-refractivity contribution in [3.63, 3.8) is 0 Å². The Labute approximate surface area is 335 Å². The molecule has 0 aliphatic heterocycles. The maximum Gasteiger partial charge on any atom is 0.213 e. The van der Waals surface area contributed by atoms with Gasteiger partial charge in [0.2, 0.25) is 5.95 Å². The van der Waals surface area contributed by atoms with Gasteiger partial charge in [-0.3, -0.25) is 4.98 Å². The van der Waals surface area contributed by atoms with E-state index in [-0.39, 0.29) is 11.8 Å². The fourth-order valence-electron chi connectivity index (χ4n) is 6.92. The molecule has 0 bridgehead atoms. The fraction of sp³-hybridized carbons (Fsp3) is 0.196. The molecule has 8 rings (SSSR count). The van der Waals surface area contributed by atoms with Gasteiger partial charge in [-0.2, -0.15) is 4.39 Å². The molecular formula is C46H42FN9O2. The number of benzene rings is 2. The van der Waals surface area contributed by atoms with Crippen molar-refractivity contribution in [3.05, 3.63) is 145 Å². The van der Waals surface area contributed by atoms with Crippen molar-refractivity contribution in [2.75, 3.05) is 30.8 Å². The van der Waals surface area contributed by atoms with Gasteiger partial charge >= 0.3 is 0 Å². The maximum absolute atomic E-state index is 14.4. The number of aromatic nitrogens is 7. The molecular weight excluding hydrogens is 730 g/mol. The van der Waals surface area contributed by atoms with Crippen molar-refractivity contribution in [2.24, 2.45) is 5.92 Å². The molecule has 0 aliphatic carbocycles. The van der Waals surface area contributed by atoms with Crippen LogP contribution in [0.4, 0.5) is 16.0 Å². The Balaban J connectivity index is 1.04. The third kappa shape index (κ3) is 8.51. The highest BCUT2D eigenvalue weighted by molar-refractivity contribution is 5.86. The molecule has 2 unspecified atom stereocenters. The number of halogens is 1. The van der Waals surface area contributed by atoms with Gasteiger partial charge in [-0.15, -0.1) is 0 Å². The molecule has 11 nitrogen and oxygen atoms in total. The largest absolute Gasteiger partial charge is 0.496 e. The summed E-state index contributed by atoms with van der Waals surface area (Å²) in [5.74, 6) is 2.78. The zero-order chi connectivity index (χ0) is 40.0. The molecule has 2 aromatic carbocycles. The number of anilines is 2. The Morgan fingerprint density at radius 2 is 1.48 bits per heavy atom. The van der Waals surface area contributed by atoms with Crippen molar-refractivity contribution in [1.29, 1.82) is 0 Å². The molecule has 12 heteroatoms. The Morgan fingerprint density at radius 1 is 0.707 bits per heavy atom. The average molecular weight is 772 g/mol. The molecule has 0 amide bonds. The molecule has 8 aromatic rings. The van der Waals surface area contributed by atoms with Crippen LogP contribution in [0, 0.1) is 18.8 Å². The van der Waals surface area contributed by atoms with Gasteiger partial charge < -0.3 is 19.8 Å². The van der Waals surface area contributed by atoms with Crippen LogP contribution in [0.2, 0.25) is 0 Å². The summed E-state index contributed by atoms with van der Waals surface area (Å²) in [7, 11) is 1.70. The van der Waals surface area contributed by atoms with Gasteiger partial charge in [-0.25, -0.2) is 29.9 Å². The van der Waals surface area contributed by atoms with Gasteiger partial charge in [-0.1, -0.05) is 50.2 Å². The summed E-state index contributed by atoms with van der Waals surface area (Å²) in [5.41, 5.74) is 8.79. The zero-order valence-corrected chi connectivity index (χ0v) is 32.6. The van der Waals surface area contributed by atoms with Crippen LogP contribution in [-0.4, -0.2) is 55.1 Å². The van der Waals surface area contributed by atoms with Crippen molar-refractivity contribution in [3.8, 4) is 51.0 Å². The first-order chi connectivity index (χ1) is 28.3. The van der Waals surface area contributed by atoms with Crippen LogP contribution < -0.4 is 15.4 Å². The molecule has 6 heterocycles. The van der Waals surface area contributed by atoms with E-state index in [1.54, 1.807) is 25.8 Å². The molecule has 58 heavy (non-hydrogen) atoms. The van der Waals surface area contributed by atoms with Gasteiger partial charge in [-0.05, 0) is 78.8 Å². The third-order valence-corrected chi connectivity index (χ3v) is 10.4. The van der Waals surface area contributed by atoms with E-state index in [1.165, 1.54) is 12.3 Å². The second-order valence-electron chi connectivity index (χ2n) is 14.3. The second-order valence-corrected chi connectivity index (χ2v) is 14.3. The van der Waals surface area contributed by atoms with Crippen molar-refractivity contribution in [1.82, 2.24) is 34.9 Å². The molecule has 0 saturated heterocycles. The first-order valence-electron chi connectivity index (χ1n) is 19.2. The minimum Gasteiger partial charge on any atom is -0.496 e. The molecule has 6 aromatic heterocycles. The summed E-state index contributed by atoms with van der Waals surface area (Å²) in [5, 5.41) is 7.88. The van der Waals surface area contributed by atoms with Gasteiger partial charge in [0.05, 0.1) is 24.2 Å². The summed E-state index contributed by atoms with van der Waals surface area (Å²) in [6.07, 6.45) is 7.02. The summed E-state index contributed by atoms with van der Waals surface area (Å²) in [6.45, 7) is 7.66. The topological polar surface area (TPSA) is 137 Å². The lowest BCUT2D eigenvalue weighted by Gasteiger charge is -2.23. The predicted molar refractivity (Wildman–Crippen MR) is 225 cm³/mol. The standard InChI is InChI=1S/C46H42FN9O2/c1-28(30(3)36-10-5-6-11-41(36)57-4)24-51-45-23-38(53-27-55-45)35-18-39(32-15-16-48-43(47)21-32)56-40(19-35)42-20-33-9-7-8-31(46(33)58-42)14-17-49-44-22-37(52-26-54-44)34-13-12-29(2)50-25-34/h5-13,15-16,18-23,25-28,30H,14,17,24H2,1-4H3,(H,49,52,54)(H,51,53,55). The summed E-state index contributed by atoms with van der Waals surface area (Å²) >= 11 is 0. The lowest BCUT2D eigenvalue weighted by Crippen LogP contribution is -2.18. The van der Waals surface area contributed by atoms with E-state index in [9.17, 15) is 4.39 Å². The molecule has 290 valence electrons. The highest BCUT2D eigenvalue weighted by Gasteiger charge is 2.19. The molecule has 0 aliphatic rings. The Kier molecular flexibility index (Phi) is 11.1. The monoisotopic (exact) mass is 771 g/mol. The number of pyridine rings is 3. The molecule has 2 atom stereocenters. The van der Waals surface area contributed by atoms with E-state index in [4.69, 9.17) is 14.1 Å². The number of furan rings is 1. The summed E-state index contributed by atoms with van der Waals surface area (Å²) in [6, 6.07) is 30.9. The SMILES string of the molecule is COc1ccccc1C(C)C(C)CNc1cc(-c2cc(-c3ccnc(F)c3)nc(-c3cc4cccc(CCNc5cc(-c6ccc(C)nc6)ncn5)c4o3)c2)ncn1. The fourth-order valence-corrected chi connectivity index (χ4v) is 6.92. The number of fused-ring (bicyclic) bond motifs is 1. The Morgan fingerprint density at radius 3 is 2.26 bits per heavy atom. The van der Waals surface area contributed by atoms with Crippen LogP contribution >= 0.6 is 0 Å². The smallest absolute Gasteiger partial charge is 0.213 e. The summed E-state index contributed by atoms with van der Waals surface area (Å²) in [4.78, 5) is 31.1. The van der Waals surface area contributed by atoms with Crippen LogP contribution in [0.3, 0.4) is 0 Å². The molecule has 0 saturated carbocycles. The number of hydrogen-bond donors (Lipinski definition) is 2. The quantitative estimate of drug-likeness (QED) is 0.102. The number of para-hydroxylation sites is 2. The van der Waals surface area contributed by atoms with Crippen molar-refractivity contribution in [2.45, 2.75) is 33.1 Å². The first kappa shape index (κ1) is 37.8. The lowest BCUT2D eigenvalue weighted by atomic mass is 9.88. The van der Waals surface area contributed by atoms with E-state index < -0.39 is 5.95 Å². The Hall–Kier alpha value is -7.08. The molecule has 0 spiro atoms. The molecule has 0 radical (unpaired) electrons. The second kappa shape index (κ2) is 17.0. The highest BCUT2D eigenvalue weighted by Crippen LogP contribution is 2.35. The van der Waals surface area contributed by atoms with Crippen molar-refractivity contribution >= 4 is 22.6 Å². The van der Waals surface area contributed by atoms with E-state index >= 15 is 0 Å². The van der Waals surface area contributed by atoms with Gasteiger partial charge in [0.25, 0.3) is 0 Å². The number of nitrogens with one attached hydrogen (secondary N) is 2. The minimum absolute atomic E-state index is 0.241. The summed E-state index contributed by atoms with van der Waals surface area (Å²) < 4.78 is 26.6. The third-order valence-electron chi connectivity index (χ3n) is 10.4. The van der Waals surface area contributed by atoms with Crippen molar-refractivity contribution < 1.29 is 13.5 Å². The van der Waals surface area contributed by atoms with E-state index in [0.717, 1.165) is 56.2 Å². The van der Waals surface area contributed by atoms with E-state index in [2.05, 4.69) is 66.5 Å². The number of rotatable bonds is 14. The van der Waals surface area contributed by atoms with Gasteiger partial charge in [0.1, 0.15) is 41.3 Å². The van der Waals surface area contributed by atoms with Crippen LogP contribution in [0.5, 0.6) is 5.75 Å². The molecule has 2 N–H and O–H groups in total.